The molecule has 2 aromatic rings. The number of nitrogens with zero attached hydrogens (tertiary/aromatic N) is 1. The first-order valence-electron chi connectivity index (χ1n) is 9.66. The van der Waals surface area contributed by atoms with E-state index in [1.165, 1.54) is 25.7 Å². The van der Waals surface area contributed by atoms with E-state index in [2.05, 4.69) is 4.90 Å². The summed E-state index contributed by atoms with van der Waals surface area (Å²) in [6, 6.07) is 6.19. The number of benzene rings is 1. The summed E-state index contributed by atoms with van der Waals surface area (Å²) in [5, 5.41) is 0.978. The lowest BCUT2D eigenvalue weighted by atomic mass is 9.78. The summed E-state index contributed by atoms with van der Waals surface area (Å²) in [6.07, 6.45) is 7.34. The van der Waals surface area contributed by atoms with Crippen LogP contribution in [0.1, 0.15) is 61.6 Å². The predicted octanol–water partition coefficient (Wildman–Crippen LogP) is 4.93. The third-order valence-electron chi connectivity index (χ3n) is 5.92. The van der Waals surface area contributed by atoms with E-state index >= 15 is 0 Å². The Balaban J connectivity index is 1.66. The zero-order valence-corrected chi connectivity index (χ0v) is 15.2. The van der Waals surface area contributed by atoms with Crippen molar-refractivity contribution in [1.29, 1.82) is 0 Å². The Kier molecular flexibility index (Phi) is 4.45. The molecule has 1 aliphatic heterocycles. The fraction of sp³-hybridized carbons (Fsp3) is 0.571. The highest BCUT2D eigenvalue weighted by atomic mass is 16.5. The van der Waals surface area contributed by atoms with Gasteiger partial charge < -0.3 is 14.1 Å². The molecule has 0 radical (unpaired) electrons. The van der Waals surface area contributed by atoms with E-state index in [0.717, 1.165) is 41.7 Å². The lowest BCUT2D eigenvalue weighted by molar-refractivity contribution is 0.0363. The van der Waals surface area contributed by atoms with E-state index in [9.17, 15) is 4.79 Å². The van der Waals surface area contributed by atoms with Crippen molar-refractivity contribution in [2.75, 3.05) is 13.2 Å². The van der Waals surface area contributed by atoms with Crippen LogP contribution in [0.25, 0.3) is 11.0 Å². The average molecular weight is 341 g/mol. The zero-order chi connectivity index (χ0) is 17.4. The number of likely N-dealkylation sites (tertiary alicyclic amines) is 1. The highest BCUT2D eigenvalue weighted by molar-refractivity contribution is 5.99. The minimum atomic E-state index is 0.0725. The van der Waals surface area contributed by atoms with Gasteiger partial charge in [0.05, 0.1) is 6.61 Å². The summed E-state index contributed by atoms with van der Waals surface area (Å²) in [5.41, 5.74) is 1.70. The minimum absolute atomic E-state index is 0.0725. The van der Waals surface area contributed by atoms with Gasteiger partial charge in [0.25, 0.3) is 5.91 Å². The van der Waals surface area contributed by atoms with Crippen molar-refractivity contribution in [3.63, 3.8) is 0 Å². The zero-order valence-electron chi connectivity index (χ0n) is 15.2. The highest BCUT2D eigenvalue weighted by Gasteiger charge is 2.37. The van der Waals surface area contributed by atoms with E-state index in [-0.39, 0.29) is 5.91 Å². The van der Waals surface area contributed by atoms with Crippen LogP contribution in [0.2, 0.25) is 0 Å². The summed E-state index contributed by atoms with van der Waals surface area (Å²) in [5.74, 6) is 2.09. The van der Waals surface area contributed by atoms with Gasteiger partial charge in [-0.05, 0) is 63.6 Å². The molecular formula is C21H27NO3. The van der Waals surface area contributed by atoms with E-state index in [1.807, 2.05) is 32.0 Å². The van der Waals surface area contributed by atoms with Crippen LogP contribution in [0, 0.1) is 12.8 Å². The number of piperidine rings is 1. The van der Waals surface area contributed by atoms with Crippen molar-refractivity contribution < 1.29 is 13.9 Å². The van der Waals surface area contributed by atoms with E-state index < -0.39 is 0 Å². The van der Waals surface area contributed by atoms with Gasteiger partial charge in [0.2, 0.25) is 0 Å². The monoisotopic (exact) mass is 341 g/mol. The smallest absolute Gasteiger partial charge is 0.290 e. The van der Waals surface area contributed by atoms with Crippen LogP contribution < -0.4 is 4.74 Å². The molecule has 1 saturated carbocycles. The minimum Gasteiger partial charge on any atom is -0.494 e. The third-order valence-corrected chi connectivity index (χ3v) is 5.92. The Morgan fingerprint density at radius 1 is 1.24 bits per heavy atom. The van der Waals surface area contributed by atoms with Gasteiger partial charge in [-0.2, -0.15) is 0 Å². The quantitative estimate of drug-likeness (QED) is 0.794. The highest BCUT2D eigenvalue weighted by Crippen LogP contribution is 2.37. The van der Waals surface area contributed by atoms with Crippen molar-refractivity contribution in [2.45, 2.75) is 58.4 Å². The molecule has 4 rings (SSSR count). The Bertz CT molecular complexity index is 777. The van der Waals surface area contributed by atoms with Crippen LogP contribution in [0.5, 0.6) is 5.75 Å². The SMILES string of the molecule is CCOc1ccc2oc(C(=O)N3CCCC4CCCCC43)c(C)c2c1. The van der Waals surface area contributed by atoms with Crippen molar-refractivity contribution in [2.24, 2.45) is 5.92 Å². The fourth-order valence-electron chi connectivity index (χ4n) is 4.67. The maximum absolute atomic E-state index is 13.3. The maximum Gasteiger partial charge on any atom is 0.290 e. The molecule has 0 spiro atoms. The summed E-state index contributed by atoms with van der Waals surface area (Å²) in [7, 11) is 0. The number of carbonyl (C=O) groups excluding carboxylic acids is 1. The molecule has 0 N–H and O–H groups in total. The second kappa shape index (κ2) is 6.74. The lowest BCUT2D eigenvalue weighted by Crippen LogP contribution is -2.49. The summed E-state index contributed by atoms with van der Waals surface area (Å²) < 4.78 is 11.6. The molecule has 2 atom stereocenters. The first-order chi connectivity index (χ1) is 12.2. The van der Waals surface area contributed by atoms with Gasteiger partial charge in [0.1, 0.15) is 11.3 Å². The third kappa shape index (κ3) is 2.92. The second-order valence-electron chi connectivity index (χ2n) is 7.40. The van der Waals surface area contributed by atoms with Gasteiger partial charge in [-0.15, -0.1) is 0 Å². The molecule has 25 heavy (non-hydrogen) atoms. The van der Waals surface area contributed by atoms with Crippen molar-refractivity contribution >= 4 is 16.9 Å². The number of fused-ring (bicyclic) bond motifs is 2. The average Bonchev–Trinajstić information content (AvgIpc) is 2.97. The largest absolute Gasteiger partial charge is 0.494 e. The second-order valence-corrected chi connectivity index (χ2v) is 7.40. The van der Waals surface area contributed by atoms with Gasteiger partial charge in [0, 0.05) is 23.5 Å². The summed E-state index contributed by atoms with van der Waals surface area (Å²) in [4.78, 5) is 15.4. The Labute approximate surface area is 149 Å². The van der Waals surface area contributed by atoms with Crippen molar-refractivity contribution in [3.05, 3.63) is 29.5 Å². The van der Waals surface area contributed by atoms with Gasteiger partial charge in [-0.1, -0.05) is 12.8 Å². The van der Waals surface area contributed by atoms with Gasteiger partial charge in [-0.3, -0.25) is 4.79 Å². The molecule has 1 aliphatic carbocycles. The first-order valence-corrected chi connectivity index (χ1v) is 9.66. The summed E-state index contributed by atoms with van der Waals surface area (Å²) >= 11 is 0. The molecule has 0 bridgehead atoms. The molecular weight excluding hydrogens is 314 g/mol. The van der Waals surface area contributed by atoms with Crippen LogP contribution in [0.3, 0.4) is 0 Å². The maximum atomic E-state index is 13.3. The summed E-state index contributed by atoms with van der Waals surface area (Å²) in [6.45, 7) is 5.45. The van der Waals surface area contributed by atoms with Crippen molar-refractivity contribution in [1.82, 2.24) is 4.90 Å². The topological polar surface area (TPSA) is 42.7 Å². The predicted molar refractivity (Wildman–Crippen MR) is 98.1 cm³/mol. The molecule has 4 heteroatoms. The molecule has 1 amide bonds. The Morgan fingerprint density at radius 3 is 2.88 bits per heavy atom. The molecule has 1 saturated heterocycles. The van der Waals surface area contributed by atoms with Crippen LogP contribution in [-0.2, 0) is 0 Å². The molecule has 2 aliphatic rings. The van der Waals surface area contributed by atoms with Gasteiger partial charge >= 0.3 is 0 Å². The number of aryl methyl sites for hydroxylation is 1. The number of amides is 1. The van der Waals surface area contributed by atoms with Crippen LogP contribution in [0.15, 0.2) is 22.6 Å². The molecule has 1 aromatic heterocycles. The van der Waals surface area contributed by atoms with Crippen LogP contribution in [0.4, 0.5) is 0 Å². The van der Waals surface area contributed by atoms with Gasteiger partial charge in [0.15, 0.2) is 5.76 Å². The van der Waals surface area contributed by atoms with E-state index in [1.54, 1.807) is 0 Å². The Hall–Kier alpha value is -1.97. The Morgan fingerprint density at radius 2 is 2.04 bits per heavy atom. The number of rotatable bonds is 3. The molecule has 2 heterocycles. The van der Waals surface area contributed by atoms with Crippen molar-refractivity contribution in [3.8, 4) is 5.75 Å². The van der Waals surface area contributed by atoms with E-state index in [0.29, 0.717) is 24.3 Å². The van der Waals surface area contributed by atoms with Crippen LogP contribution in [-0.4, -0.2) is 30.0 Å². The normalized spacial score (nSPS) is 23.5. The molecule has 1 aromatic carbocycles. The number of hydrogen-bond acceptors (Lipinski definition) is 3. The van der Waals surface area contributed by atoms with E-state index in [4.69, 9.17) is 9.15 Å². The molecule has 134 valence electrons. The lowest BCUT2D eigenvalue weighted by Gasteiger charge is -2.43. The fourth-order valence-corrected chi connectivity index (χ4v) is 4.67. The molecule has 2 unspecified atom stereocenters. The number of hydrogen-bond donors (Lipinski definition) is 0. The van der Waals surface area contributed by atoms with Gasteiger partial charge in [-0.25, -0.2) is 0 Å². The van der Waals surface area contributed by atoms with Crippen LogP contribution >= 0.6 is 0 Å². The first kappa shape index (κ1) is 16.5. The molecule has 4 nitrogen and oxygen atoms in total. The molecule has 2 fully saturated rings. The standard InChI is InChI=1S/C21H27NO3/c1-3-24-16-10-11-19-17(13-16)14(2)20(25-19)21(23)22-12-6-8-15-7-4-5-9-18(15)22/h10-11,13,15,18H,3-9,12H2,1-2H3. The number of furan rings is 1. The number of ether oxygens (including phenoxy) is 1. The number of carbonyl (C=O) groups is 1.